The summed E-state index contributed by atoms with van der Waals surface area (Å²) < 4.78 is 1.50. The van der Waals surface area contributed by atoms with Gasteiger partial charge >= 0.3 is 5.97 Å². The van der Waals surface area contributed by atoms with E-state index in [4.69, 9.17) is 5.11 Å². The Morgan fingerprint density at radius 2 is 2.19 bits per heavy atom. The van der Waals surface area contributed by atoms with Gasteiger partial charge in [0.15, 0.2) is 0 Å². The summed E-state index contributed by atoms with van der Waals surface area (Å²) in [5.74, 6) is -2.08. The van der Waals surface area contributed by atoms with Crippen molar-refractivity contribution in [3.63, 3.8) is 0 Å². The van der Waals surface area contributed by atoms with Crippen LogP contribution in [0.2, 0.25) is 0 Å². The third-order valence-corrected chi connectivity index (χ3v) is 4.34. The van der Waals surface area contributed by atoms with E-state index in [1.165, 1.54) is 47.1 Å². The molecule has 0 aliphatic heterocycles. The van der Waals surface area contributed by atoms with Gasteiger partial charge < -0.3 is 14.6 Å². The Morgan fingerprint density at radius 1 is 1.46 bits per heavy atom. The smallest absolute Gasteiger partial charge is 0.308 e. The molecule has 1 amide bonds. The minimum absolute atomic E-state index is 0.00307. The number of benzene rings is 1. The minimum atomic E-state index is -0.982. The SMILES string of the molecule is CC(CN(C(=O)c1ccc(-n2ccnc2)c([N+](=O)[O-])c1)C1CC1)C(=O)O. The van der Waals surface area contributed by atoms with Crippen LogP contribution in [0.15, 0.2) is 36.9 Å². The molecule has 1 unspecified atom stereocenters. The summed E-state index contributed by atoms with van der Waals surface area (Å²) in [5, 5.41) is 20.6. The number of hydrogen-bond donors (Lipinski definition) is 1. The molecule has 0 spiro atoms. The van der Waals surface area contributed by atoms with Crippen molar-refractivity contribution in [2.24, 2.45) is 5.92 Å². The molecule has 136 valence electrons. The van der Waals surface area contributed by atoms with Gasteiger partial charge in [-0.1, -0.05) is 6.92 Å². The summed E-state index contributed by atoms with van der Waals surface area (Å²) in [7, 11) is 0. The predicted molar refractivity (Wildman–Crippen MR) is 91.1 cm³/mol. The van der Waals surface area contributed by atoms with Crippen molar-refractivity contribution in [2.45, 2.75) is 25.8 Å². The number of aliphatic carboxylic acids is 1. The van der Waals surface area contributed by atoms with Crippen LogP contribution in [0.3, 0.4) is 0 Å². The van der Waals surface area contributed by atoms with Crippen LogP contribution in [0.25, 0.3) is 5.69 Å². The predicted octanol–water partition coefficient (Wildman–Crippen LogP) is 2.11. The highest BCUT2D eigenvalue weighted by Gasteiger charge is 2.35. The molecule has 1 saturated carbocycles. The van der Waals surface area contributed by atoms with E-state index in [0.717, 1.165) is 12.8 Å². The number of amides is 1. The molecule has 1 aliphatic rings. The van der Waals surface area contributed by atoms with Gasteiger partial charge in [-0.05, 0) is 25.0 Å². The normalized spacial score (nSPS) is 14.7. The molecule has 3 rings (SSSR count). The van der Waals surface area contributed by atoms with Crippen LogP contribution in [0, 0.1) is 16.0 Å². The van der Waals surface area contributed by atoms with Crippen molar-refractivity contribution in [3.05, 3.63) is 52.6 Å². The van der Waals surface area contributed by atoms with Gasteiger partial charge in [-0.15, -0.1) is 0 Å². The molecule has 1 aliphatic carbocycles. The maximum Gasteiger partial charge on any atom is 0.308 e. The number of aromatic nitrogens is 2. The first-order chi connectivity index (χ1) is 12.4. The van der Waals surface area contributed by atoms with Crippen LogP contribution in [-0.4, -0.2) is 48.9 Å². The van der Waals surface area contributed by atoms with E-state index in [1.807, 2.05) is 0 Å². The van der Waals surface area contributed by atoms with Gasteiger partial charge in [0, 0.05) is 36.6 Å². The molecule has 2 aromatic rings. The third-order valence-electron chi connectivity index (χ3n) is 4.34. The molecule has 1 fully saturated rings. The zero-order valence-electron chi connectivity index (χ0n) is 14.1. The van der Waals surface area contributed by atoms with Gasteiger partial charge in [0.1, 0.15) is 5.69 Å². The van der Waals surface area contributed by atoms with E-state index in [2.05, 4.69) is 4.98 Å². The van der Waals surface area contributed by atoms with Gasteiger partial charge in [0.2, 0.25) is 0 Å². The molecule has 9 nitrogen and oxygen atoms in total. The molecule has 1 heterocycles. The highest BCUT2D eigenvalue weighted by Crippen LogP contribution is 2.31. The monoisotopic (exact) mass is 358 g/mol. The second-order valence-corrected chi connectivity index (χ2v) is 6.36. The highest BCUT2D eigenvalue weighted by atomic mass is 16.6. The highest BCUT2D eigenvalue weighted by molar-refractivity contribution is 5.96. The number of carboxylic acid groups (broad SMARTS) is 1. The molecule has 1 atom stereocenters. The molecule has 0 radical (unpaired) electrons. The quantitative estimate of drug-likeness (QED) is 0.598. The lowest BCUT2D eigenvalue weighted by atomic mass is 10.1. The van der Waals surface area contributed by atoms with E-state index in [-0.39, 0.29) is 29.7 Å². The molecule has 1 aromatic carbocycles. The van der Waals surface area contributed by atoms with Crippen molar-refractivity contribution >= 4 is 17.6 Å². The third kappa shape index (κ3) is 3.56. The zero-order chi connectivity index (χ0) is 18.8. The molecule has 0 bridgehead atoms. The summed E-state index contributed by atoms with van der Waals surface area (Å²) >= 11 is 0. The second-order valence-electron chi connectivity index (χ2n) is 6.36. The molecule has 26 heavy (non-hydrogen) atoms. The first kappa shape index (κ1) is 17.6. The summed E-state index contributed by atoms with van der Waals surface area (Å²) in [6, 6.07) is 4.25. The Kier molecular flexibility index (Phi) is 4.70. The van der Waals surface area contributed by atoms with Crippen molar-refractivity contribution in [1.82, 2.24) is 14.5 Å². The Balaban J connectivity index is 1.92. The molecular weight excluding hydrogens is 340 g/mol. The summed E-state index contributed by atoms with van der Waals surface area (Å²) in [6.07, 6.45) is 6.15. The van der Waals surface area contributed by atoms with Crippen LogP contribution >= 0.6 is 0 Å². The Hall–Kier alpha value is -3.23. The summed E-state index contributed by atoms with van der Waals surface area (Å²) in [6.45, 7) is 1.62. The van der Waals surface area contributed by atoms with Gasteiger partial charge in [0.25, 0.3) is 11.6 Å². The number of carbonyl (C=O) groups excluding carboxylic acids is 1. The number of imidazole rings is 1. The minimum Gasteiger partial charge on any atom is -0.481 e. The number of hydrogen-bond acceptors (Lipinski definition) is 5. The zero-order valence-corrected chi connectivity index (χ0v) is 14.1. The maximum absolute atomic E-state index is 12.8. The summed E-state index contributed by atoms with van der Waals surface area (Å²) in [5.41, 5.74) is 0.266. The lowest BCUT2D eigenvalue weighted by Gasteiger charge is -2.24. The first-order valence-electron chi connectivity index (χ1n) is 8.19. The second kappa shape index (κ2) is 6.95. The van der Waals surface area contributed by atoms with Gasteiger partial charge in [0.05, 0.1) is 17.2 Å². The van der Waals surface area contributed by atoms with E-state index in [1.54, 1.807) is 6.20 Å². The van der Waals surface area contributed by atoms with E-state index in [0.29, 0.717) is 5.69 Å². The van der Waals surface area contributed by atoms with Crippen LogP contribution in [-0.2, 0) is 4.79 Å². The Bertz CT molecular complexity index is 845. The van der Waals surface area contributed by atoms with Crippen LogP contribution in [0.1, 0.15) is 30.1 Å². The fourth-order valence-electron chi connectivity index (χ4n) is 2.75. The number of nitro benzene ring substituents is 1. The number of carboxylic acids is 1. The number of nitro groups is 1. The molecule has 1 aromatic heterocycles. The van der Waals surface area contributed by atoms with Crippen LogP contribution in [0.5, 0.6) is 0 Å². The fourth-order valence-corrected chi connectivity index (χ4v) is 2.75. The first-order valence-corrected chi connectivity index (χ1v) is 8.19. The van der Waals surface area contributed by atoms with Crippen LogP contribution in [0.4, 0.5) is 5.69 Å². The molecule has 1 N–H and O–H groups in total. The van der Waals surface area contributed by atoms with E-state index >= 15 is 0 Å². The van der Waals surface area contributed by atoms with Crippen molar-refractivity contribution < 1.29 is 19.6 Å². The van der Waals surface area contributed by atoms with E-state index in [9.17, 15) is 19.7 Å². The van der Waals surface area contributed by atoms with E-state index < -0.39 is 16.8 Å². The largest absolute Gasteiger partial charge is 0.481 e. The van der Waals surface area contributed by atoms with Crippen molar-refractivity contribution in [2.75, 3.05) is 6.54 Å². The van der Waals surface area contributed by atoms with Crippen molar-refractivity contribution in [1.29, 1.82) is 0 Å². The number of carbonyl (C=O) groups is 2. The molecular formula is C17H18N4O5. The lowest BCUT2D eigenvalue weighted by Crippen LogP contribution is -2.38. The van der Waals surface area contributed by atoms with Crippen molar-refractivity contribution in [3.8, 4) is 5.69 Å². The van der Waals surface area contributed by atoms with Gasteiger partial charge in [-0.3, -0.25) is 19.7 Å². The summed E-state index contributed by atoms with van der Waals surface area (Å²) in [4.78, 5) is 40.2. The molecule has 9 heteroatoms. The molecule has 0 saturated heterocycles. The number of nitrogens with zero attached hydrogens (tertiary/aromatic N) is 4. The maximum atomic E-state index is 12.8. The lowest BCUT2D eigenvalue weighted by molar-refractivity contribution is -0.384. The average molecular weight is 358 g/mol. The van der Waals surface area contributed by atoms with Crippen LogP contribution < -0.4 is 0 Å². The van der Waals surface area contributed by atoms with Gasteiger partial charge in [-0.2, -0.15) is 0 Å². The number of rotatable bonds is 7. The average Bonchev–Trinajstić information content (AvgIpc) is 3.31. The van der Waals surface area contributed by atoms with Gasteiger partial charge in [-0.25, -0.2) is 4.98 Å². The Morgan fingerprint density at radius 3 is 2.73 bits per heavy atom. The topological polar surface area (TPSA) is 119 Å². The standard InChI is InChI=1S/C17H18N4O5/c1-11(17(23)24)9-20(13-3-4-13)16(22)12-2-5-14(15(8-12)21(25)26)19-7-6-18-10-19/h2,5-8,10-11,13H,3-4,9H2,1H3,(H,23,24). The fraction of sp³-hybridized carbons (Fsp3) is 0.353. The Labute approximate surface area is 149 Å².